The second-order valence-corrected chi connectivity index (χ2v) is 6.57. The van der Waals surface area contributed by atoms with Crippen LogP contribution in [0.15, 0.2) is 4.99 Å². The van der Waals surface area contributed by atoms with E-state index in [2.05, 4.69) is 31.6 Å². The molecule has 1 saturated heterocycles. The molecule has 0 spiro atoms. The molecular formula is C15H26N6. The predicted octanol–water partition coefficient (Wildman–Crippen LogP) is 1.20. The molecule has 0 bridgehead atoms. The lowest BCUT2D eigenvalue weighted by Gasteiger charge is -2.32. The molecule has 2 unspecified atom stereocenters. The Labute approximate surface area is 126 Å². The number of aryl methyl sites for hydroxylation is 2. The Morgan fingerprint density at radius 3 is 3.00 bits per heavy atom. The number of rotatable bonds is 2. The van der Waals surface area contributed by atoms with E-state index in [9.17, 15) is 0 Å². The van der Waals surface area contributed by atoms with Crippen molar-refractivity contribution in [3.8, 4) is 0 Å². The first-order chi connectivity index (χ1) is 10.1. The van der Waals surface area contributed by atoms with Crippen LogP contribution in [0, 0.1) is 18.8 Å². The van der Waals surface area contributed by atoms with E-state index >= 15 is 0 Å². The van der Waals surface area contributed by atoms with Gasteiger partial charge in [0.05, 0.1) is 0 Å². The van der Waals surface area contributed by atoms with Crippen LogP contribution in [-0.2, 0) is 13.0 Å². The summed E-state index contributed by atoms with van der Waals surface area (Å²) in [5, 5.41) is 8.37. The minimum absolute atomic E-state index is 0.549. The molecule has 0 aliphatic carbocycles. The first-order valence-corrected chi connectivity index (χ1v) is 8.07. The summed E-state index contributed by atoms with van der Waals surface area (Å²) >= 11 is 0. The zero-order valence-corrected chi connectivity index (χ0v) is 13.1. The maximum Gasteiger partial charge on any atom is 0.191 e. The zero-order valence-electron chi connectivity index (χ0n) is 13.1. The van der Waals surface area contributed by atoms with E-state index in [0.717, 1.165) is 62.5 Å². The molecule has 1 aromatic heterocycles. The molecular weight excluding hydrogens is 264 g/mol. The lowest BCUT2D eigenvalue weighted by atomic mass is 9.99. The lowest BCUT2D eigenvalue weighted by Crippen LogP contribution is -2.43. The summed E-state index contributed by atoms with van der Waals surface area (Å²) in [5.41, 5.74) is 6.18. The molecule has 6 heteroatoms. The van der Waals surface area contributed by atoms with E-state index in [1.165, 1.54) is 12.8 Å². The average molecular weight is 290 g/mol. The van der Waals surface area contributed by atoms with Gasteiger partial charge in [-0.2, -0.15) is 0 Å². The fourth-order valence-electron chi connectivity index (χ4n) is 3.40. The summed E-state index contributed by atoms with van der Waals surface area (Å²) < 4.78 is 2.23. The lowest BCUT2D eigenvalue weighted by molar-refractivity contribution is 0.269. The van der Waals surface area contributed by atoms with Crippen molar-refractivity contribution in [1.82, 2.24) is 19.7 Å². The van der Waals surface area contributed by atoms with E-state index in [1.807, 2.05) is 6.92 Å². The van der Waals surface area contributed by atoms with Crippen LogP contribution in [0.3, 0.4) is 0 Å². The molecule has 2 aliphatic rings. The predicted molar refractivity (Wildman–Crippen MR) is 83.0 cm³/mol. The summed E-state index contributed by atoms with van der Waals surface area (Å²) in [7, 11) is 0. The fraction of sp³-hybridized carbons (Fsp3) is 0.800. The highest BCUT2D eigenvalue weighted by molar-refractivity contribution is 5.78. The highest BCUT2D eigenvalue weighted by Gasteiger charge is 2.22. The number of nitrogens with zero attached hydrogens (tertiary/aromatic N) is 5. The number of nitrogens with two attached hydrogens (primary N) is 1. The second kappa shape index (κ2) is 6.03. The van der Waals surface area contributed by atoms with Crippen molar-refractivity contribution in [2.75, 3.05) is 19.6 Å². The van der Waals surface area contributed by atoms with Crippen LogP contribution in [0.4, 0.5) is 0 Å². The number of hydrogen-bond donors (Lipinski definition) is 1. The van der Waals surface area contributed by atoms with Gasteiger partial charge in [0, 0.05) is 32.6 Å². The molecule has 2 atom stereocenters. The van der Waals surface area contributed by atoms with Gasteiger partial charge in [0.15, 0.2) is 5.96 Å². The number of aliphatic imine (C=N–C) groups is 1. The average Bonchev–Trinajstić information content (AvgIpc) is 2.86. The van der Waals surface area contributed by atoms with Crippen LogP contribution in [0.2, 0.25) is 0 Å². The van der Waals surface area contributed by atoms with Gasteiger partial charge in [-0.15, -0.1) is 10.2 Å². The number of aromatic nitrogens is 3. The third kappa shape index (κ3) is 3.19. The molecule has 21 heavy (non-hydrogen) atoms. The van der Waals surface area contributed by atoms with Crippen molar-refractivity contribution in [3.05, 3.63) is 11.6 Å². The third-order valence-corrected chi connectivity index (χ3v) is 4.72. The molecule has 0 aromatic carbocycles. The summed E-state index contributed by atoms with van der Waals surface area (Å²) in [6, 6.07) is 0. The standard InChI is InChI=1S/C15H26N6/c1-11-4-3-7-20(9-11)15(16)17-8-13-5-6-14-19-18-12(2)21(14)10-13/h11,13H,3-10H2,1-2H3,(H2,16,17). The van der Waals surface area contributed by atoms with Crippen LogP contribution in [0.1, 0.15) is 37.8 Å². The Kier molecular flexibility index (Phi) is 4.12. The fourth-order valence-corrected chi connectivity index (χ4v) is 3.40. The van der Waals surface area contributed by atoms with Crippen LogP contribution in [-0.4, -0.2) is 45.3 Å². The monoisotopic (exact) mass is 290 g/mol. The van der Waals surface area contributed by atoms with Crippen LogP contribution in [0.5, 0.6) is 0 Å². The van der Waals surface area contributed by atoms with Gasteiger partial charge in [-0.3, -0.25) is 4.99 Å². The molecule has 0 radical (unpaired) electrons. The van der Waals surface area contributed by atoms with Gasteiger partial charge in [-0.1, -0.05) is 6.92 Å². The van der Waals surface area contributed by atoms with E-state index in [0.29, 0.717) is 5.92 Å². The van der Waals surface area contributed by atoms with Gasteiger partial charge < -0.3 is 15.2 Å². The number of piperidine rings is 1. The van der Waals surface area contributed by atoms with Crippen molar-refractivity contribution in [3.63, 3.8) is 0 Å². The number of fused-ring (bicyclic) bond motifs is 1. The maximum atomic E-state index is 6.18. The Hall–Kier alpha value is -1.59. The Balaban J connectivity index is 1.57. The van der Waals surface area contributed by atoms with Gasteiger partial charge in [0.25, 0.3) is 0 Å². The summed E-state index contributed by atoms with van der Waals surface area (Å²) in [6.07, 6.45) is 4.67. The first-order valence-electron chi connectivity index (χ1n) is 8.07. The second-order valence-electron chi connectivity index (χ2n) is 6.57. The molecule has 0 saturated carbocycles. The number of hydrogen-bond acceptors (Lipinski definition) is 3. The minimum Gasteiger partial charge on any atom is -0.370 e. The number of likely N-dealkylation sites (tertiary alicyclic amines) is 1. The van der Waals surface area contributed by atoms with Gasteiger partial charge >= 0.3 is 0 Å². The smallest absolute Gasteiger partial charge is 0.191 e. The van der Waals surface area contributed by atoms with Gasteiger partial charge in [-0.05, 0) is 38.0 Å². The van der Waals surface area contributed by atoms with Crippen molar-refractivity contribution in [2.45, 2.75) is 46.1 Å². The maximum absolute atomic E-state index is 6.18. The SMILES string of the molecule is Cc1nnc2n1CC(CN=C(N)N1CCCC(C)C1)CC2. The summed E-state index contributed by atoms with van der Waals surface area (Å²) in [6.45, 7) is 8.20. The van der Waals surface area contributed by atoms with E-state index in [4.69, 9.17) is 5.73 Å². The van der Waals surface area contributed by atoms with E-state index in [1.54, 1.807) is 0 Å². The molecule has 1 fully saturated rings. The topological polar surface area (TPSA) is 72.3 Å². The van der Waals surface area contributed by atoms with Crippen molar-refractivity contribution in [2.24, 2.45) is 22.6 Å². The van der Waals surface area contributed by atoms with Crippen molar-refractivity contribution in [1.29, 1.82) is 0 Å². The summed E-state index contributed by atoms with van der Waals surface area (Å²) in [5.74, 6) is 4.13. The normalized spacial score (nSPS) is 26.8. The first kappa shape index (κ1) is 14.4. The van der Waals surface area contributed by atoms with Crippen LogP contribution >= 0.6 is 0 Å². The molecule has 2 N–H and O–H groups in total. The molecule has 3 heterocycles. The molecule has 0 amide bonds. The van der Waals surface area contributed by atoms with Crippen molar-refractivity contribution < 1.29 is 0 Å². The van der Waals surface area contributed by atoms with Crippen LogP contribution in [0.25, 0.3) is 0 Å². The van der Waals surface area contributed by atoms with E-state index < -0.39 is 0 Å². The molecule has 2 aliphatic heterocycles. The Morgan fingerprint density at radius 1 is 1.33 bits per heavy atom. The van der Waals surface area contributed by atoms with Gasteiger partial charge in [0.2, 0.25) is 0 Å². The van der Waals surface area contributed by atoms with Crippen molar-refractivity contribution >= 4 is 5.96 Å². The highest BCUT2D eigenvalue weighted by atomic mass is 15.3. The Morgan fingerprint density at radius 2 is 2.19 bits per heavy atom. The third-order valence-electron chi connectivity index (χ3n) is 4.72. The molecule has 116 valence electrons. The largest absolute Gasteiger partial charge is 0.370 e. The highest BCUT2D eigenvalue weighted by Crippen LogP contribution is 2.20. The molecule has 1 aromatic rings. The molecule has 3 rings (SSSR count). The van der Waals surface area contributed by atoms with Gasteiger partial charge in [-0.25, -0.2) is 0 Å². The summed E-state index contributed by atoms with van der Waals surface area (Å²) in [4.78, 5) is 6.90. The van der Waals surface area contributed by atoms with Gasteiger partial charge in [0.1, 0.15) is 11.6 Å². The number of guanidine groups is 1. The van der Waals surface area contributed by atoms with Crippen LogP contribution < -0.4 is 5.73 Å². The minimum atomic E-state index is 0.549. The molecule has 6 nitrogen and oxygen atoms in total. The quantitative estimate of drug-likeness (QED) is 0.656. The Bertz CT molecular complexity index is 520. The van der Waals surface area contributed by atoms with E-state index in [-0.39, 0.29) is 0 Å². The zero-order chi connectivity index (χ0) is 14.8.